The first-order valence-corrected chi connectivity index (χ1v) is 12.6. The fraction of sp³-hybridized carbons (Fsp3) is 0.467. The third-order valence-corrected chi connectivity index (χ3v) is 6.45. The summed E-state index contributed by atoms with van der Waals surface area (Å²) >= 11 is 0. The predicted octanol–water partition coefficient (Wildman–Crippen LogP) is 7.55. The molecule has 0 N–H and O–H groups in total. The number of carbonyl (C=O) groups excluding carboxylic acids is 2. The lowest BCUT2D eigenvalue weighted by Gasteiger charge is -2.50. The molecule has 1 amide bonds. The minimum atomic E-state index is -1.15. The molecule has 0 saturated carbocycles. The molecule has 5 heteroatoms. The molecular formula is C30H39NO4. The molecule has 188 valence electrons. The van der Waals surface area contributed by atoms with Gasteiger partial charge in [0.25, 0.3) is 0 Å². The van der Waals surface area contributed by atoms with Crippen LogP contribution in [0.25, 0.3) is 0 Å². The van der Waals surface area contributed by atoms with Crippen molar-refractivity contribution in [2.75, 3.05) is 0 Å². The molecule has 0 aromatic heterocycles. The lowest BCUT2D eigenvalue weighted by Crippen LogP contribution is -2.62. The first-order valence-electron chi connectivity index (χ1n) is 12.6. The van der Waals surface area contributed by atoms with Crippen molar-refractivity contribution in [3.63, 3.8) is 0 Å². The van der Waals surface area contributed by atoms with Crippen LogP contribution in [-0.2, 0) is 14.3 Å². The number of esters is 1. The fourth-order valence-electron chi connectivity index (χ4n) is 4.67. The van der Waals surface area contributed by atoms with E-state index in [2.05, 4.69) is 6.58 Å². The van der Waals surface area contributed by atoms with Crippen LogP contribution in [0.15, 0.2) is 73.3 Å². The summed E-state index contributed by atoms with van der Waals surface area (Å²) in [5, 5.41) is 0. The van der Waals surface area contributed by atoms with Gasteiger partial charge >= 0.3 is 12.1 Å². The molecular weight excluding hydrogens is 438 g/mol. The van der Waals surface area contributed by atoms with Gasteiger partial charge in [0.15, 0.2) is 6.10 Å². The topological polar surface area (TPSA) is 55.8 Å². The van der Waals surface area contributed by atoms with Gasteiger partial charge < -0.3 is 9.47 Å². The van der Waals surface area contributed by atoms with E-state index in [1.54, 1.807) is 4.90 Å². The number of rotatable bonds is 9. The van der Waals surface area contributed by atoms with Crippen molar-refractivity contribution in [2.45, 2.75) is 89.5 Å². The van der Waals surface area contributed by atoms with Gasteiger partial charge in [0.2, 0.25) is 0 Å². The van der Waals surface area contributed by atoms with Gasteiger partial charge in [-0.15, -0.1) is 6.58 Å². The summed E-state index contributed by atoms with van der Waals surface area (Å²) < 4.78 is 12.0. The van der Waals surface area contributed by atoms with Crippen molar-refractivity contribution in [1.29, 1.82) is 0 Å². The van der Waals surface area contributed by atoms with Crippen LogP contribution < -0.4 is 0 Å². The molecule has 1 saturated heterocycles. The van der Waals surface area contributed by atoms with Gasteiger partial charge in [-0.25, -0.2) is 9.59 Å². The third-order valence-electron chi connectivity index (χ3n) is 6.45. The smallest absolute Gasteiger partial charge is 0.411 e. The van der Waals surface area contributed by atoms with Crippen LogP contribution in [0.3, 0.4) is 0 Å². The summed E-state index contributed by atoms with van der Waals surface area (Å²) in [6, 6.07) is 18.9. The lowest BCUT2D eigenvalue weighted by molar-refractivity contribution is -0.187. The van der Waals surface area contributed by atoms with E-state index in [1.807, 2.05) is 94.4 Å². The Balaban J connectivity index is 2.03. The number of benzene rings is 2. The van der Waals surface area contributed by atoms with Crippen LogP contribution >= 0.6 is 0 Å². The summed E-state index contributed by atoms with van der Waals surface area (Å²) in [5.41, 5.74) is -0.105. The zero-order valence-corrected chi connectivity index (χ0v) is 21.5. The van der Waals surface area contributed by atoms with Crippen LogP contribution in [0.5, 0.6) is 0 Å². The van der Waals surface area contributed by atoms with Crippen molar-refractivity contribution in [1.82, 2.24) is 4.90 Å². The van der Waals surface area contributed by atoms with E-state index < -0.39 is 35.3 Å². The number of ether oxygens (including phenoxy) is 2. The number of carbonyl (C=O) groups is 2. The second kappa shape index (κ2) is 11.6. The van der Waals surface area contributed by atoms with Gasteiger partial charge in [0.1, 0.15) is 17.2 Å². The molecule has 0 radical (unpaired) electrons. The summed E-state index contributed by atoms with van der Waals surface area (Å²) in [7, 11) is 0. The maximum atomic E-state index is 13.8. The van der Waals surface area contributed by atoms with E-state index in [9.17, 15) is 9.59 Å². The van der Waals surface area contributed by atoms with E-state index in [0.29, 0.717) is 6.42 Å². The molecule has 0 unspecified atom stereocenters. The van der Waals surface area contributed by atoms with E-state index in [4.69, 9.17) is 9.47 Å². The largest absolute Gasteiger partial charge is 0.453 e. The zero-order valence-electron chi connectivity index (χ0n) is 21.5. The normalized spacial score (nSPS) is 22.4. The highest BCUT2D eigenvalue weighted by Gasteiger charge is 2.55. The van der Waals surface area contributed by atoms with Crippen LogP contribution in [0, 0.1) is 0 Å². The summed E-state index contributed by atoms with van der Waals surface area (Å²) in [6.45, 7) is 11.1. The van der Waals surface area contributed by atoms with Gasteiger partial charge in [-0.3, -0.25) is 4.90 Å². The molecule has 3 rings (SSSR count). The number of hydrogen-bond donors (Lipinski definition) is 0. The van der Waals surface area contributed by atoms with Gasteiger partial charge in [-0.2, -0.15) is 0 Å². The van der Waals surface area contributed by atoms with Crippen LogP contribution in [0.4, 0.5) is 4.79 Å². The lowest BCUT2D eigenvalue weighted by atomic mass is 9.83. The quantitative estimate of drug-likeness (QED) is 0.213. The highest BCUT2D eigenvalue weighted by Crippen LogP contribution is 2.47. The van der Waals surface area contributed by atoms with E-state index in [1.165, 1.54) is 0 Å². The molecule has 3 atom stereocenters. The number of unbranched alkanes of at least 4 members (excludes halogenated alkanes) is 4. The number of morpholine rings is 1. The van der Waals surface area contributed by atoms with Crippen LogP contribution in [0.2, 0.25) is 0 Å². The molecule has 0 aliphatic carbocycles. The molecule has 0 spiro atoms. The van der Waals surface area contributed by atoms with Gasteiger partial charge in [0, 0.05) is 0 Å². The highest BCUT2D eigenvalue weighted by atomic mass is 16.6. The number of hydrogen-bond acceptors (Lipinski definition) is 4. The summed E-state index contributed by atoms with van der Waals surface area (Å²) in [6.07, 6.45) is 6.18. The SMILES string of the molecule is C=CCCCCCC[C@]1(C)C(=O)O[C@@H](c2ccccc2)[C@@H](c2ccccc2)N1C(=O)OC(C)(C)C. The minimum Gasteiger partial charge on any atom is -0.453 e. The maximum absolute atomic E-state index is 13.8. The first-order chi connectivity index (χ1) is 16.7. The van der Waals surface area contributed by atoms with Gasteiger partial charge in [0.05, 0.1) is 0 Å². The zero-order chi connectivity index (χ0) is 25.5. The van der Waals surface area contributed by atoms with Gasteiger partial charge in [-0.1, -0.05) is 86.0 Å². The molecule has 2 aromatic rings. The number of amides is 1. The molecule has 1 heterocycles. The minimum absolute atomic E-state index is 0.393. The molecule has 1 fully saturated rings. The predicted molar refractivity (Wildman–Crippen MR) is 139 cm³/mol. The Labute approximate surface area is 210 Å². The van der Waals surface area contributed by atoms with E-state index in [0.717, 1.165) is 43.2 Å². The molecule has 5 nitrogen and oxygen atoms in total. The summed E-state index contributed by atoms with van der Waals surface area (Å²) in [5.74, 6) is -0.393. The molecule has 2 aromatic carbocycles. The van der Waals surface area contributed by atoms with E-state index >= 15 is 0 Å². The van der Waals surface area contributed by atoms with Crippen molar-refractivity contribution in [3.05, 3.63) is 84.4 Å². The Kier molecular flexibility index (Phi) is 8.76. The number of cyclic esters (lactones) is 1. The molecule has 35 heavy (non-hydrogen) atoms. The Morgan fingerprint density at radius 3 is 2.14 bits per heavy atom. The first kappa shape index (κ1) is 26.5. The van der Waals surface area contributed by atoms with Crippen LogP contribution in [0.1, 0.15) is 89.5 Å². The monoisotopic (exact) mass is 477 g/mol. The standard InChI is InChI=1S/C30H39NO4/c1-6-7-8-9-10-17-22-30(5)27(32)34-26(24-20-15-12-16-21-24)25(23-18-13-11-14-19-23)31(30)28(33)35-29(2,3)4/h6,11-16,18-21,25-26H,1,7-10,17,22H2,2-5H3/t25-,26+,30-/m1/s1. The Morgan fingerprint density at radius 1 is 1.00 bits per heavy atom. The fourth-order valence-corrected chi connectivity index (χ4v) is 4.67. The average Bonchev–Trinajstić information content (AvgIpc) is 2.82. The third kappa shape index (κ3) is 6.53. The average molecular weight is 478 g/mol. The van der Waals surface area contributed by atoms with E-state index in [-0.39, 0.29) is 0 Å². The molecule has 1 aliphatic rings. The Bertz CT molecular complexity index is 982. The molecule has 0 bridgehead atoms. The van der Waals surface area contributed by atoms with Crippen molar-refractivity contribution in [2.24, 2.45) is 0 Å². The van der Waals surface area contributed by atoms with Crippen molar-refractivity contribution >= 4 is 12.1 Å². The Morgan fingerprint density at radius 2 is 1.57 bits per heavy atom. The second-order valence-corrected chi connectivity index (χ2v) is 10.5. The molecule has 1 aliphatic heterocycles. The van der Waals surface area contributed by atoms with Gasteiger partial charge in [-0.05, 0) is 58.1 Å². The maximum Gasteiger partial charge on any atom is 0.411 e. The number of nitrogens with zero attached hydrogens (tertiary/aromatic N) is 1. The summed E-state index contributed by atoms with van der Waals surface area (Å²) in [4.78, 5) is 29.1. The number of allylic oxidation sites excluding steroid dienone is 1. The van der Waals surface area contributed by atoms with Crippen molar-refractivity contribution < 1.29 is 19.1 Å². The van der Waals surface area contributed by atoms with Crippen LogP contribution in [-0.4, -0.2) is 28.1 Å². The highest BCUT2D eigenvalue weighted by molar-refractivity contribution is 5.87. The Hall–Kier alpha value is -3.08. The second-order valence-electron chi connectivity index (χ2n) is 10.5. The van der Waals surface area contributed by atoms with Crippen molar-refractivity contribution in [3.8, 4) is 0 Å².